The Labute approximate surface area is 186 Å². The lowest BCUT2D eigenvalue weighted by atomic mass is 9.95. The number of anilines is 2. The highest BCUT2D eigenvalue weighted by molar-refractivity contribution is 5.94. The van der Waals surface area contributed by atoms with Gasteiger partial charge in [0, 0.05) is 12.0 Å². The predicted molar refractivity (Wildman–Crippen MR) is 123 cm³/mol. The minimum Gasteiger partial charge on any atom is -0.506 e. The van der Waals surface area contributed by atoms with Crippen molar-refractivity contribution in [2.75, 3.05) is 30.3 Å². The molecule has 0 spiro atoms. The largest absolute Gasteiger partial charge is 0.506 e. The molecule has 8 heteroatoms. The van der Waals surface area contributed by atoms with E-state index in [1.807, 2.05) is 43.3 Å². The first-order valence-electron chi connectivity index (χ1n) is 10.7. The summed E-state index contributed by atoms with van der Waals surface area (Å²) in [7, 11) is 0. The van der Waals surface area contributed by atoms with Gasteiger partial charge in [0.15, 0.2) is 0 Å². The molecule has 4 rings (SSSR count). The summed E-state index contributed by atoms with van der Waals surface area (Å²) in [6.45, 7) is 3.46. The van der Waals surface area contributed by atoms with E-state index in [4.69, 9.17) is 0 Å². The summed E-state index contributed by atoms with van der Waals surface area (Å²) < 4.78 is 1.73. The Bertz CT molecular complexity index is 1090. The fourth-order valence-corrected chi connectivity index (χ4v) is 3.91. The summed E-state index contributed by atoms with van der Waals surface area (Å²) in [5.74, 6) is 0.337. The number of phenolic OH excluding ortho intramolecular Hbond substituents is 1. The molecule has 0 saturated carbocycles. The van der Waals surface area contributed by atoms with Crippen LogP contribution in [0.5, 0.6) is 5.75 Å². The summed E-state index contributed by atoms with van der Waals surface area (Å²) in [4.78, 5) is 27.3. The van der Waals surface area contributed by atoms with Crippen molar-refractivity contribution in [3.63, 3.8) is 0 Å². The highest BCUT2D eigenvalue weighted by atomic mass is 16.3. The van der Waals surface area contributed by atoms with Gasteiger partial charge in [0.05, 0.1) is 23.6 Å². The summed E-state index contributed by atoms with van der Waals surface area (Å²) >= 11 is 0. The second-order valence-electron chi connectivity index (χ2n) is 8.02. The van der Waals surface area contributed by atoms with Gasteiger partial charge in [0.1, 0.15) is 11.6 Å². The molecule has 1 fully saturated rings. The van der Waals surface area contributed by atoms with Gasteiger partial charge >= 0.3 is 0 Å². The van der Waals surface area contributed by atoms with Crippen LogP contribution in [0.4, 0.5) is 11.5 Å². The number of likely N-dealkylation sites (tertiary alicyclic amines) is 1. The van der Waals surface area contributed by atoms with Gasteiger partial charge in [-0.1, -0.05) is 30.3 Å². The van der Waals surface area contributed by atoms with E-state index in [1.165, 1.54) is 0 Å². The van der Waals surface area contributed by atoms with E-state index in [1.54, 1.807) is 28.9 Å². The van der Waals surface area contributed by atoms with E-state index in [9.17, 15) is 14.7 Å². The number of phenols is 1. The van der Waals surface area contributed by atoms with Crippen molar-refractivity contribution in [1.82, 2.24) is 14.7 Å². The number of hydrogen-bond acceptors (Lipinski definition) is 5. The van der Waals surface area contributed by atoms with Gasteiger partial charge in [0.25, 0.3) is 0 Å². The quantitative estimate of drug-likeness (QED) is 0.519. The molecular formula is C24H27N5O3. The molecular weight excluding hydrogens is 406 g/mol. The Hall–Kier alpha value is -3.65. The molecule has 2 amide bonds. The molecule has 0 aliphatic carbocycles. The maximum Gasteiger partial charge on any atom is 0.239 e. The Morgan fingerprint density at radius 1 is 1.03 bits per heavy atom. The molecule has 0 bridgehead atoms. The number of para-hydroxylation sites is 3. The Kier molecular flexibility index (Phi) is 6.51. The minimum atomic E-state index is -0.143. The van der Waals surface area contributed by atoms with E-state index in [0.29, 0.717) is 37.4 Å². The number of rotatable bonds is 6. The molecule has 1 saturated heterocycles. The number of carbonyl (C=O) groups excluding carboxylic acids is 2. The summed E-state index contributed by atoms with van der Waals surface area (Å²) in [6, 6.07) is 18.2. The second kappa shape index (κ2) is 9.65. The Balaban J connectivity index is 1.29. The number of amides is 2. The molecule has 1 aromatic heterocycles. The molecule has 166 valence electrons. The first kappa shape index (κ1) is 21.6. The maximum atomic E-state index is 12.7. The van der Waals surface area contributed by atoms with Crippen LogP contribution < -0.4 is 10.6 Å². The van der Waals surface area contributed by atoms with Gasteiger partial charge in [0.2, 0.25) is 11.8 Å². The molecule has 3 N–H and O–H groups in total. The number of aromatic hydroxyl groups is 1. The summed E-state index contributed by atoms with van der Waals surface area (Å²) in [5.41, 5.74) is 2.12. The van der Waals surface area contributed by atoms with Gasteiger partial charge in [-0.2, -0.15) is 5.10 Å². The molecule has 3 aromatic rings. The Morgan fingerprint density at radius 2 is 1.72 bits per heavy atom. The summed E-state index contributed by atoms with van der Waals surface area (Å²) in [6.07, 6.45) is 1.32. The number of nitrogens with zero attached hydrogens (tertiary/aromatic N) is 3. The predicted octanol–water partition coefficient (Wildman–Crippen LogP) is 3.18. The third-order valence-corrected chi connectivity index (χ3v) is 5.59. The van der Waals surface area contributed by atoms with Gasteiger partial charge in [-0.25, -0.2) is 4.68 Å². The molecule has 1 aliphatic heterocycles. The van der Waals surface area contributed by atoms with Crippen LogP contribution in [-0.2, 0) is 9.59 Å². The molecule has 0 atom stereocenters. The smallest absolute Gasteiger partial charge is 0.239 e. The lowest BCUT2D eigenvalue weighted by molar-refractivity contribution is -0.121. The average Bonchev–Trinajstić information content (AvgIpc) is 3.16. The number of benzene rings is 2. The zero-order valence-corrected chi connectivity index (χ0v) is 18.0. The monoisotopic (exact) mass is 433 g/mol. The van der Waals surface area contributed by atoms with Crippen LogP contribution in [0.1, 0.15) is 18.5 Å². The highest BCUT2D eigenvalue weighted by Gasteiger charge is 2.26. The van der Waals surface area contributed by atoms with E-state index < -0.39 is 0 Å². The van der Waals surface area contributed by atoms with Crippen LogP contribution >= 0.6 is 0 Å². The number of piperidine rings is 1. The molecule has 2 aromatic carbocycles. The topological polar surface area (TPSA) is 99.5 Å². The van der Waals surface area contributed by atoms with Crippen molar-refractivity contribution in [3.8, 4) is 11.4 Å². The van der Waals surface area contributed by atoms with E-state index in [0.717, 1.165) is 11.4 Å². The van der Waals surface area contributed by atoms with Gasteiger partial charge in [-0.05, 0) is 57.1 Å². The zero-order chi connectivity index (χ0) is 22.5. The van der Waals surface area contributed by atoms with Crippen LogP contribution in [0.2, 0.25) is 0 Å². The van der Waals surface area contributed by atoms with Crippen LogP contribution in [0.15, 0.2) is 60.7 Å². The second-order valence-corrected chi connectivity index (χ2v) is 8.02. The molecule has 0 unspecified atom stereocenters. The van der Waals surface area contributed by atoms with Crippen molar-refractivity contribution in [1.29, 1.82) is 0 Å². The number of nitrogens with one attached hydrogen (secondary N) is 2. The maximum absolute atomic E-state index is 12.7. The fraction of sp³-hybridized carbons (Fsp3) is 0.292. The molecule has 32 heavy (non-hydrogen) atoms. The Morgan fingerprint density at radius 3 is 2.44 bits per heavy atom. The highest BCUT2D eigenvalue weighted by Crippen LogP contribution is 2.25. The SMILES string of the molecule is Cc1cc(NC(=O)CN2CCC(C(=O)Nc3ccccc3O)CC2)n(-c2ccccc2)n1. The molecule has 1 aliphatic rings. The van der Waals surface area contributed by atoms with Gasteiger partial charge < -0.3 is 15.7 Å². The zero-order valence-electron chi connectivity index (χ0n) is 18.0. The van der Waals surface area contributed by atoms with Crippen LogP contribution in [-0.4, -0.2) is 51.2 Å². The van der Waals surface area contributed by atoms with Crippen molar-refractivity contribution in [2.24, 2.45) is 5.92 Å². The summed E-state index contributed by atoms with van der Waals surface area (Å²) in [5, 5.41) is 20.1. The van der Waals surface area contributed by atoms with Crippen LogP contribution in [0.3, 0.4) is 0 Å². The van der Waals surface area contributed by atoms with E-state index in [2.05, 4.69) is 20.6 Å². The van der Waals surface area contributed by atoms with E-state index in [-0.39, 0.29) is 30.0 Å². The minimum absolute atomic E-state index is 0.0555. The van der Waals surface area contributed by atoms with Crippen LogP contribution in [0, 0.1) is 12.8 Å². The third kappa shape index (κ3) is 5.15. The first-order chi connectivity index (χ1) is 15.5. The third-order valence-electron chi connectivity index (χ3n) is 5.59. The first-order valence-corrected chi connectivity index (χ1v) is 10.7. The number of carbonyl (C=O) groups is 2. The standard InChI is InChI=1S/C24H27N5O3/c1-17-15-22(29(27-17)19-7-3-2-4-8-19)26-23(31)16-28-13-11-18(12-14-28)24(32)25-20-9-5-6-10-21(20)30/h2-10,15,18,30H,11-14,16H2,1H3,(H,25,32)(H,26,31). The van der Waals surface area contributed by atoms with Crippen molar-refractivity contribution < 1.29 is 14.7 Å². The lowest BCUT2D eigenvalue weighted by Gasteiger charge is -2.30. The van der Waals surface area contributed by atoms with Crippen molar-refractivity contribution in [3.05, 3.63) is 66.4 Å². The number of aromatic nitrogens is 2. The fourth-order valence-electron chi connectivity index (χ4n) is 3.91. The number of hydrogen-bond donors (Lipinski definition) is 3. The van der Waals surface area contributed by atoms with Crippen LogP contribution in [0.25, 0.3) is 5.69 Å². The molecule has 8 nitrogen and oxygen atoms in total. The van der Waals surface area contributed by atoms with Gasteiger partial charge in [-0.15, -0.1) is 0 Å². The average molecular weight is 434 g/mol. The van der Waals surface area contributed by atoms with E-state index >= 15 is 0 Å². The molecule has 2 heterocycles. The van der Waals surface area contributed by atoms with Gasteiger partial charge in [-0.3, -0.25) is 14.5 Å². The van der Waals surface area contributed by atoms with Crippen molar-refractivity contribution in [2.45, 2.75) is 19.8 Å². The normalized spacial score (nSPS) is 14.8. The lowest BCUT2D eigenvalue weighted by Crippen LogP contribution is -2.42. The number of aryl methyl sites for hydroxylation is 1. The molecule has 0 radical (unpaired) electrons. The van der Waals surface area contributed by atoms with Crippen molar-refractivity contribution >= 4 is 23.3 Å².